The monoisotopic (exact) mass is 325 g/mol. The molecule has 1 amide bonds. The second kappa shape index (κ2) is 8.02. The standard InChI is InChI=1S/C19H23N3O2/c23-18-9-5-4-8-15(18)10-11-20-19(24)16-12-17(22-21-13-16)14-6-2-1-3-7-14/h1-3,6-7,12-13,15,18,23H,4-5,8-11H2,(H,20,24)/t15-,18-/m1/s1. The zero-order valence-corrected chi connectivity index (χ0v) is 13.7. The molecule has 1 aliphatic carbocycles. The molecule has 1 aromatic heterocycles. The number of nitrogens with zero attached hydrogens (tertiary/aromatic N) is 2. The summed E-state index contributed by atoms with van der Waals surface area (Å²) in [5, 5.41) is 20.9. The highest BCUT2D eigenvalue weighted by atomic mass is 16.3. The molecule has 0 aliphatic heterocycles. The lowest BCUT2D eigenvalue weighted by atomic mass is 9.84. The number of amides is 1. The third-order valence-electron chi connectivity index (χ3n) is 4.66. The van der Waals surface area contributed by atoms with Gasteiger partial charge < -0.3 is 10.4 Å². The lowest BCUT2D eigenvalue weighted by Gasteiger charge is -2.27. The summed E-state index contributed by atoms with van der Waals surface area (Å²) < 4.78 is 0. The number of aromatic nitrogens is 2. The lowest BCUT2D eigenvalue weighted by molar-refractivity contribution is 0.0643. The van der Waals surface area contributed by atoms with E-state index in [-0.39, 0.29) is 12.0 Å². The Morgan fingerprint density at radius 3 is 2.79 bits per heavy atom. The van der Waals surface area contributed by atoms with Crippen molar-refractivity contribution < 1.29 is 9.90 Å². The van der Waals surface area contributed by atoms with Crippen LogP contribution in [-0.2, 0) is 0 Å². The fourth-order valence-corrected chi connectivity index (χ4v) is 3.24. The molecule has 126 valence electrons. The number of rotatable bonds is 5. The van der Waals surface area contributed by atoms with Crippen LogP contribution in [0, 0.1) is 5.92 Å². The van der Waals surface area contributed by atoms with Crippen molar-refractivity contribution in [1.29, 1.82) is 0 Å². The summed E-state index contributed by atoms with van der Waals surface area (Å²) in [5.41, 5.74) is 2.13. The highest BCUT2D eigenvalue weighted by Gasteiger charge is 2.22. The maximum absolute atomic E-state index is 12.3. The van der Waals surface area contributed by atoms with Gasteiger partial charge >= 0.3 is 0 Å². The van der Waals surface area contributed by atoms with E-state index in [0.717, 1.165) is 31.2 Å². The largest absolute Gasteiger partial charge is 0.393 e. The maximum atomic E-state index is 12.3. The van der Waals surface area contributed by atoms with Crippen molar-refractivity contribution in [2.45, 2.75) is 38.2 Å². The number of aliphatic hydroxyl groups excluding tert-OH is 1. The van der Waals surface area contributed by atoms with Gasteiger partial charge in [0.1, 0.15) is 0 Å². The minimum absolute atomic E-state index is 0.146. The minimum Gasteiger partial charge on any atom is -0.393 e. The zero-order chi connectivity index (χ0) is 16.8. The molecular formula is C19H23N3O2. The molecular weight excluding hydrogens is 302 g/mol. The van der Waals surface area contributed by atoms with Crippen LogP contribution >= 0.6 is 0 Å². The van der Waals surface area contributed by atoms with Gasteiger partial charge in [0.25, 0.3) is 5.91 Å². The normalized spacial score (nSPS) is 20.5. The molecule has 1 saturated carbocycles. The molecule has 0 saturated heterocycles. The third-order valence-corrected chi connectivity index (χ3v) is 4.66. The Hall–Kier alpha value is -2.27. The van der Waals surface area contributed by atoms with E-state index in [1.54, 1.807) is 6.07 Å². The van der Waals surface area contributed by atoms with Gasteiger partial charge in [-0.25, -0.2) is 0 Å². The fraction of sp³-hybridized carbons (Fsp3) is 0.421. The van der Waals surface area contributed by atoms with E-state index in [2.05, 4.69) is 15.5 Å². The first-order valence-corrected chi connectivity index (χ1v) is 8.58. The molecule has 0 unspecified atom stereocenters. The van der Waals surface area contributed by atoms with Gasteiger partial charge in [0.05, 0.1) is 23.6 Å². The second-order valence-electron chi connectivity index (χ2n) is 6.35. The van der Waals surface area contributed by atoms with Crippen molar-refractivity contribution in [1.82, 2.24) is 15.5 Å². The van der Waals surface area contributed by atoms with Crippen LogP contribution < -0.4 is 5.32 Å². The predicted molar refractivity (Wildman–Crippen MR) is 92.4 cm³/mol. The van der Waals surface area contributed by atoms with Crippen LogP contribution in [0.5, 0.6) is 0 Å². The molecule has 1 aliphatic rings. The van der Waals surface area contributed by atoms with Crippen molar-refractivity contribution in [3.63, 3.8) is 0 Å². The van der Waals surface area contributed by atoms with Gasteiger partial charge in [-0.2, -0.15) is 10.2 Å². The van der Waals surface area contributed by atoms with E-state index in [4.69, 9.17) is 0 Å². The molecule has 2 atom stereocenters. The summed E-state index contributed by atoms with van der Waals surface area (Å²) in [6.45, 7) is 0.573. The Morgan fingerprint density at radius 1 is 1.21 bits per heavy atom. The molecule has 1 aromatic carbocycles. The van der Waals surface area contributed by atoms with Gasteiger partial charge in [-0.3, -0.25) is 4.79 Å². The van der Waals surface area contributed by atoms with E-state index in [1.165, 1.54) is 12.6 Å². The Kier molecular flexibility index (Phi) is 5.54. The molecule has 5 nitrogen and oxygen atoms in total. The minimum atomic E-state index is -0.220. The van der Waals surface area contributed by atoms with Gasteiger partial charge in [-0.05, 0) is 31.2 Å². The summed E-state index contributed by atoms with van der Waals surface area (Å²) in [6, 6.07) is 11.4. The van der Waals surface area contributed by atoms with Crippen molar-refractivity contribution >= 4 is 5.91 Å². The average molecular weight is 325 g/mol. The maximum Gasteiger partial charge on any atom is 0.252 e. The van der Waals surface area contributed by atoms with Gasteiger partial charge in [0, 0.05) is 12.1 Å². The Morgan fingerprint density at radius 2 is 2.00 bits per heavy atom. The van der Waals surface area contributed by atoms with Gasteiger partial charge in [0.15, 0.2) is 0 Å². The quantitative estimate of drug-likeness (QED) is 0.886. The molecule has 24 heavy (non-hydrogen) atoms. The molecule has 0 spiro atoms. The highest BCUT2D eigenvalue weighted by molar-refractivity contribution is 5.94. The van der Waals surface area contributed by atoms with Crippen molar-refractivity contribution in [3.8, 4) is 11.3 Å². The zero-order valence-electron chi connectivity index (χ0n) is 13.7. The van der Waals surface area contributed by atoms with Crippen LogP contribution in [0.1, 0.15) is 42.5 Å². The molecule has 3 rings (SSSR count). The van der Waals surface area contributed by atoms with Gasteiger partial charge in [-0.1, -0.05) is 43.2 Å². The molecule has 2 aromatic rings. The van der Waals surface area contributed by atoms with E-state index in [1.807, 2.05) is 30.3 Å². The van der Waals surface area contributed by atoms with Crippen LogP contribution in [-0.4, -0.2) is 33.9 Å². The molecule has 1 heterocycles. The number of hydrogen-bond donors (Lipinski definition) is 2. The van der Waals surface area contributed by atoms with Crippen molar-refractivity contribution in [3.05, 3.63) is 48.2 Å². The fourth-order valence-electron chi connectivity index (χ4n) is 3.24. The van der Waals surface area contributed by atoms with Gasteiger partial charge in [-0.15, -0.1) is 0 Å². The third kappa shape index (κ3) is 4.17. The number of benzene rings is 1. The van der Waals surface area contributed by atoms with Crippen molar-refractivity contribution in [2.24, 2.45) is 5.92 Å². The first kappa shape index (κ1) is 16.6. The highest BCUT2D eigenvalue weighted by Crippen LogP contribution is 2.26. The van der Waals surface area contributed by atoms with E-state index in [0.29, 0.717) is 23.7 Å². The van der Waals surface area contributed by atoms with E-state index in [9.17, 15) is 9.90 Å². The first-order valence-electron chi connectivity index (χ1n) is 8.58. The molecule has 2 N–H and O–H groups in total. The second-order valence-corrected chi connectivity index (χ2v) is 6.35. The van der Waals surface area contributed by atoms with Gasteiger partial charge in [0.2, 0.25) is 0 Å². The first-order chi connectivity index (χ1) is 11.7. The van der Waals surface area contributed by atoms with Crippen LogP contribution in [0.25, 0.3) is 11.3 Å². The topological polar surface area (TPSA) is 75.1 Å². The molecule has 1 fully saturated rings. The summed E-state index contributed by atoms with van der Waals surface area (Å²) >= 11 is 0. The number of nitrogens with one attached hydrogen (secondary N) is 1. The number of aliphatic hydroxyl groups is 1. The Balaban J connectivity index is 1.57. The number of carbonyl (C=O) groups excluding carboxylic acids is 1. The predicted octanol–water partition coefficient (Wildman–Crippen LogP) is 2.81. The SMILES string of the molecule is O=C(NCC[C@H]1CCCC[C@H]1O)c1cnnc(-c2ccccc2)c1. The van der Waals surface area contributed by atoms with E-state index < -0.39 is 0 Å². The average Bonchev–Trinajstić information content (AvgIpc) is 2.64. The molecule has 0 radical (unpaired) electrons. The molecule has 0 bridgehead atoms. The smallest absolute Gasteiger partial charge is 0.252 e. The summed E-state index contributed by atoms with van der Waals surface area (Å²) in [7, 11) is 0. The Labute approximate surface area is 142 Å². The van der Waals surface area contributed by atoms with E-state index >= 15 is 0 Å². The number of hydrogen-bond acceptors (Lipinski definition) is 4. The van der Waals surface area contributed by atoms with Crippen LogP contribution in [0.4, 0.5) is 0 Å². The number of carbonyl (C=O) groups is 1. The summed E-state index contributed by atoms with van der Waals surface area (Å²) in [6.07, 6.45) is 6.29. The van der Waals surface area contributed by atoms with Crippen LogP contribution in [0.2, 0.25) is 0 Å². The summed E-state index contributed by atoms with van der Waals surface area (Å²) in [4.78, 5) is 12.3. The molecule has 5 heteroatoms. The lowest BCUT2D eigenvalue weighted by Crippen LogP contribution is -2.31. The van der Waals surface area contributed by atoms with Crippen LogP contribution in [0.15, 0.2) is 42.6 Å². The summed E-state index contributed by atoms with van der Waals surface area (Å²) in [5.74, 6) is 0.155. The van der Waals surface area contributed by atoms with Crippen molar-refractivity contribution in [2.75, 3.05) is 6.54 Å². The van der Waals surface area contributed by atoms with Crippen LogP contribution in [0.3, 0.4) is 0 Å². The Bertz CT molecular complexity index is 675.